The van der Waals surface area contributed by atoms with E-state index in [9.17, 15) is 0 Å². The van der Waals surface area contributed by atoms with Crippen molar-refractivity contribution >= 4 is 11.8 Å². The molecule has 0 aromatic heterocycles. The molecule has 0 aliphatic rings. The van der Waals surface area contributed by atoms with E-state index in [1.165, 1.54) is 11.8 Å². The Bertz CT molecular complexity index is 33.7. The second-order valence-electron chi connectivity index (χ2n) is 2.39. The molecule has 0 atom stereocenters. The van der Waals surface area contributed by atoms with Gasteiger partial charge in [0, 0.05) is 0 Å². The van der Waals surface area contributed by atoms with Gasteiger partial charge in [-0.15, -0.1) is 0 Å². The van der Waals surface area contributed by atoms with Crippen LogP contribution in [0.2, 0.25) is 0 Å². The van der Waals surface area contributed by atoms with E-state index in [1.807, 2.05) is 0 Å². The summed E-state index contributed by atoms with van der Waals surface area (Å²) in [5.74, 6) is 0. The molecule has 38 valence electrons. The van der Waals surface area contributed by atoms with Crippen LogP contribution in [-0.2, 0) is 11.8 Å². The highest BCUT2D eigenvalue weighted by Gasteiger charge is 2.13. The van der Waals surface area contributed by atoms with Gasteiger partial charge in [0.05, 0.1) is 6.26 Å². The van der Waals surface area contributed by atoms with Crippen molar-refractivity contribution in [1.82, 2.24) is 0 Å². The van der Waals surface area contributed by atoms with Gasteiger partial charge in [-0.3, -0.25) is 0 Å². The third kappa shape index (κ3) is 4.35. The smallest absolute Gasteiger partial charge is 0.0256 e. The maximum absolute atomic E-state index is 2.23. The highest BCUT2D eigenvalue weighted by molar-refractivity contribution is 7.79. The molecule has 0 aliphatic heterocycles. The van der Waals surface area contributed by atoms with Gasteiger partial charge in [-0.25, -0.2) is 0 Å². The van der Waals surface area contributed by atoms with Gasteiger partial charge in [0.25, 0.3) is 0 Å². The maximum Gasteiger partial charge on any atom is 0.117 e. The Morgan fingerprint density at radius 3 is 1.33 bits per heavy atom. The minimum atomic E-state index is 0.514. The first-order valence-corrected chi connectivity index (χ1v) is 3.51. The molecule has 0 aromatic carbocycles. The highest BCUT2D eigenvalue weighted by Crippen LogP contribution is 2.03. The second-order valence-corrected chi connectivity index (χ2v) is 4.18. The molecule has 0 saturated carbocycles. The van der Waals surface area contributed by atoms with Crippen molar-refractivity contribution in [2.45, 2.75) is 25.5 Å². The standard InChI is InChI=1S/C5H12S/c1-5(2,3)6-4/h1-4H3/p+1. The summed E-state index contributed by atoms with van der Waals surface area (Å²) in [6.07, 6.45) is 2.18. The lowest BCUT2D eigenvalue weighted by atomic mass is 10.3. The van der Waals surface area contributed by atoms with Crippen molar-refractivity contribution in [2.75, 3.05) is 6.26 Å². The Hall–Kier alpha value is 0.350. The zero-order valence-electron chi connectivity index (χ0n) is 4.95. The van der Waals surface area contributed by atoms with Crippen molar-refractivity contribution in [3.05, 3.63) is 0 Å². The van der Waals surface area contributed by atoms with E-state index in [0.717, 1.165) is 0 Å². The molecule has 0 rings (SSSR count). The summed E-state index contributed by atoms with van der Waals surface area (Å²) in [4.78, 5) is 0. The Morgan fingerprint density at radius 1 is 1.17 bits per heavy atom. The third-order valence-electron chi connectivity index (χ3n) is 0.671. The summed E-state index contributed by atoms with van der Waals surface area (Å²) in [5.41, 5.74) is 0. The van der Waals surface area contributed by atoms with E-state index in [0.29, 0.717) is 4.75 Å². The Kier molecular flexibility index (Phi) is 1.98. The average molecular weight is 105 g/mol. The van der Waals surface area contributed by atoms with Crippen LogP contribution >= 0.6 is 0 Å². The predicted octanol–water partition coefficient (Wildman–Crippen LogP) is 1.23. The molecule has 0 radical (unpaired) electrons. The van der Waals surface area contributed by atoms with Crippen LogP contribution in [0.25, 0.3) is 0 Å². The molecule has 0 N–H and O–H groups in total. The van der Waals surface area contributed by atoms with Crippen LogP contribution in [0.15, 0.2) is 0 Å². The topological polar surface area (TPSA) is 0 Å². The van der Waals surface area contributed by atoms with Crippen LogP contribution in [0.5, 0.6) is 0 Å². The third-order valence-corrected chi connectivity index (χ3v) is 2.01. The number of thiol groups is 1. The molecule has 0 fully saturated rings. The molecule has 6 heavy (non-hydrogen) atoms. The van der Waals surface area contributed by atoms with Crippen LogP contribution in [0.3, 0.4) is 0 Å². The number of hydrogen-bond donors (Lipinski definition) is 0. The maximum atomic E-state index is 2.23. The molecule has 0 aliphatic carbocycles. The molecule has 0 unspecified atom stereocenters. The van der Waals surface area contributed by atoms with Crippen LogP contribution in [0.4, 0.5) is 0 Å². The van der Waals surface area contributed by atoms with Crippen molar-refractivity contribution in [1.29, 1.82) is 0 Å². The molecule has 0 heterocycles. The summed E-state index contributed by atoms with van der Waals surface area (Å²) >= 11 is 1.47. The van der Waals surface area contributed by atoms with Crippen LogP contribution < -0.4 is 0 Å². The molecule has 0 saturated heterocycles. The van der Waals surface area contributed by atoms with Crippen molar-refractivity contribution in [2.24, 2.45) is 0 Å². The van der Waals surface area contributed by atoms with Crippen LogP contribution in [0, 0.1) is 0 Å². The molecule has 0 aromatic rings. The lowest BCUT2D eigenvalue weighted by Gasteiger charge is -2.03. The zero-order chi connectivity index (χ0) is 5.21. The van der Waals surface area contributed by atoms with Crippen molar-refractivity contribution < 1.29 is 0 Å². The van der Waals surface area contributed by atoms with E-state index in [1.54, 1.807) is 0 Å². The number of hydrogen-bond acceptors (Lipinski definition) is 0. The van der Waals surface area contributed by atoms with E-state index in [-0.39, 0.29) is 0 Å². The fourth-order valence-electron chi connectivity index (χ4n) is 0. The molecular weight excluding hydrogens is 92.1 g/mol. The SMILES string of the molecule is C[SH+]C(C)(C)C. The van der Waals surface area contributed by atoms with Crippen molar-refractivity contribution in [3.8, 4) is 0 Å². The van der Waals surface area contributed by atoms with E-state index in [4.69, 9.17) is 0 Å². The fraction of sp³-hybridized carbons (Fsp3) is 1.00. The van der Waals surface area contributed by atoms with Gasteiger partial charge in [0.15, 0.2) is 0 Å². The normalized spacial score (nSPS) is 12.0. The van der Waals surface area contributed by atoms with Gasteiger partial charge >= 0.3 is 0 Å². The van der Waals surface area contributed by atoms with Gasteiger partial charge in [-0.05, 0) is 32.5 Å². The minimum Gasteiger partial charge on any atom is -0.0256 e. The summed E-state index contributed by atoms with van der Waals surface area (Å²) < 4.78 is 0.514. The quantitative estimate of drug-likeness (QED) is 0.321. The van der Waals surface area contributed by atoms with E-state index in [2.05, 4.69) is 27.0 Å². The zero-order valence-corrected chi connectivity index (χ0v) is 5.84. The Labute approximate surface area is 44.3 Å². The molecule has 0 amide bonds. The van der Waals surface area contributed by atoms with Gasteiger partial charge in [-0.2, -0.15) is 0 Å². The lowest BCUT2D eigenvalue weighted by molar-refractivity contribution is 0.803. The minimum absolute atomic E-state index is 0.514. The second kappa shape index (κ2) is 1.87. The average Bonchev–Trinajstić information content (AvgIpc) is 1.35. The summed E-state index contributed by atoms with van der Waals surface area (Å²) in [7, 11) is 0. The first-order valence-electron chi connectivity index (χ1n) is 2.17. The first kappa shape index (κ1) is 6.35. The summed E-state index contributed by atoms with van der Waals surface area (Å²) in [6, 6.07) is 0. The van der Waals surface area contributed by atoms with E-state index >= 15 is 0 Å². The molecular formula is C5H13S+. The first-order chi connectivity index (χ1) is 2.56. The summed E-state index contributed by atoms with van der Waals surface area (Å²) in [6.45, 7) is 6.69. The Balaban J connectivity index is 3.17. The monoisotopic (exact) mass is 105 g/mol. The Morgan fingerprint density at radius 2 is 1.33 bits per heavy atom. The van der Waals surface area contributed by atoms with Gasteiger partial charge in [0.1, 0.15) is 4.75 Å². The van der Waals surface area contributed by atoms with Gasteiger partial charge in [0.2, 0.25) is 0 Å². The fourth-order valence-corrected chi connectivity index (χ4v) is 0. The van der Waals surface area contributed by atoms with E-state index < -0.39 is 0 Å². The molecule has 0 nitrogen and oxygen atoms in total. The van der Waals surface area contributed by atoms with Crippen LogP contribution in [-0.4, -0.2) is 11.0 Å². The lowest BCUT2D eigenvalue weighted by Crippen LogP contribution is -2.14. The highest BCUT2D eigenvalue weighted by atomic mass is 32.2. The van der Waals surface area contributed by atoms with Gasteiger partial charge in [-0.1, -0.05) is 0 Å². The van der Waals surface area contributed by atoms with Crippen molar-refractivity contribution in [3.63, 3.8) is 0 Å². The number of rotatable bonds is 0. The summed E-state index contributed by atoms with van der Waals surface area (Å²) in [5, 5.41) is 0. The largest absolute Gasteiger partial charge is 0.117 e. The molecule has 1 heteroatoms. The predicted molar refractivity (Wildman–Crippen MR) is 34.4 cm³/mol. The molecule has 0 bridgehead atoms. The molecule has 0 spiro atoms. The van der Waals surface area contributed by atoms with Gasteiger partial charge < -0.3 is 0 Å². The van der Waals surface area contributed by atoms with Crippen LogP contribution in [0.1, 0.15) is 20.8 Å².